The topological polar surface area (TPSA) is 67.8 Å². The predicted octanol–water partition coefficient (Wildman–Crippen LogP) is 2.28. The van der Waals surface area contributed by atoms with Crippen LogP contribution in [0.4, 0.5) is 0 Å². The van der Waals surface area contributed by atoms with Gasteiger partial charge >= 0.3 is 0 Å². The average Bonchev–Trinajstić information content (AvgIpc) is 2.54. The van der Waals surface area contributed by atoms with Crippen molar-refractivity contribution >= 4 is 5.91 Å². The number of hydrogen-bond acceptors (Lipinski definition) is 4. The molecular weight excluding hydrogens is 294 g/mol. The maximum atomic E-state index is 12.3. The van der Waals surface area contributed by atoms with Crippen molar-refractivity contribution in [3.8, 4) is 17.2 Å². The van der Waals surface area contributed by atoms with Crippen LogP contribution in [0.1, 0.15) is 12.5 Å². The molecule has 2 aromatic rings. The van der Waals surface area contributed by atoms with Gasteiger partial charge in [-0.25, -0.2) is 0 Å². The Morgan fingerprint density at radius 2 is 1.87 bits per heavy atom. The second-order valence-electron chi connectivity index (χ2n) is 5.52. The lowest BCUT2D eigenvalue weighted by atomic mass is 10.1. The maximum absolute atomic E-state index is 12.3. The molecule has 2 atom stereocenters. The number of phenolic OH excluding ortho intramolecular Hbond substituents is 1. The number of carbonyl (C=O) groups excluding carboxylic acids is 1. The minimum Gasteiger partial charge on any atom is -0.508 e. The number of aromatic hydroxyl groups is 1. The van der Waals surface area contributed by atoms with E-state index in [4.69, 9.17) is 9.47 Å². The summed E-state index contributed by atoms with van der Waals surface area (Å²) >= 11 is 0. The number of phenols is 1. The van der Waals surface area contributed by atoms with Crippen molar-refractivity contribution in [2.24, 2.45) is 0 Å². The fourth-order valence-corrected chi connectivity index (χ4v) is 2.55. The number of para-hydroxylation sites is 2. The number of benzene rings is 2. The van der Waals surface area contributed by atoms with Gasteiger partial charge in [-0.15, -0.1) is 0 Å². The van der Waals surface area contributed by atoms with Crippen molar-refractivity contribution in [3.63, 3.8) is 0 Å². The van der Waals surface area contributed by atoms with E-state index in [-0.39, 0.29) is 17.8 Å². The molecule has 0 unspecified atom stereocenters. The van der Waals surface area contributed by atoms with Crippen LogP contribution in [0, 0.1) is 0 Å². The fourth-order valence-electron chi connectivity index (χ4n) is 2.55. The molecule has 1 heterocycles. The first-order valence-corrected chi connectivity index (χ1v) is 7.61. The van der Waals surface area contributed by atoms with Crippen molar-refractivity contribution in [2.75, 3.05) is 6.54 Å². The van der Waals surface area contributed by atoms with Gasteiger partial charge in [-0.2, -0.15) is 0 Å². The summed E-state index contributed by atoms with van der Waals surface area (Å²) in [6.07, 6.45) is -0.390. The summed E-state index contributed by atoms with van der Waals surface area (Å²) in [5.41, 5.74) is 0.963. The van der Waals surface area contributed by atoms with Gasteiger partial charge in [0.1, 0.15) is 11.9 Å². The minimum atomic E-state index is -0.672. The van der Waals surface area contributed by atoms with E-state index >= 15 is 0 Å². The van der Waals surface area contributed by atoms with Crippen LogP contribution in [-0.2, 0) is 11.2 Å². The third-order valence-electron chi connectivity index (χ3n) is 3.72. The molecule has 0 saturated heterocycles. The van der Waals surface area contributed by atoms with Gasteiger partial charge in [-0.3, -0.25) is 4.79 Å². The summed E-state index contributed by atoms with van der Waals surface area (Å²) in [4.78, 5) is 12.3. The third-order valence-corrected chi connectivity index (χ3v) is 3.72. The Hall–Kier alpha value is -2.69. The van der Waals surface area contributed by atoms with E-state index in [1.54, 1.807) is 24.3 Å². The van der Waals surface area contributed by atoms with Crippen molar-refractivity contribution < 1.29 is 19.4 Å². The van der Waals surface area contributed by atoms with Crippen molar-refractivity contribution in [1.82, 2.24) is 5.32 Å². The Labute approximate surface area is 134 Å². The van der Waals surface area contributed by atoms with Crippen LogP contribution in [0.15, 0.2) is 48.5 Å². The van der Waals surface area contributed by atoms with Gasteiger partial charge in [0, 0.05) is 6.54 Å². The molecular formula is C18H19NO4. The molecule has 0 radical (unpaired) electrons. The molecule has 23 heavy (non-hydrogen) atoms. The molecule has 5 nitrogen and oxygen atoms in total. The predicted molar refractivity (Wildman–Crippen MR) is 85.8 cm³/mol. The highest BCUT2D eigenvalue weighted by molar-refractivity contribution is 5.82. The Kier molecular flexibility index (Phi) is 4.37. The fraction of sp³-hybridized carbons (Fsp3) is 0.278. The average molecular weight is 313 g/mol. The number of carbonyl (C=O) groups is 1. The number of ether oxygens (including phenoxy) is 2. The minimum absolute atomic E-state index is 0.202. The SMILES string of the molecule is C[C@@H]1Oc2ccccc2O[C@H]1C(=O)NCCc1cccc(O)c1. The van der Waals surface area contributed by atoms with Gasteiger partial charge in [0.2, 0.25) is 6.10 Å². The molecule has 120 valence electrons. The third kappa shape index (κ3) is 3.56. The molecule has 3 rings (SSSR count). The number of hydrogen-bond donors (Lipinski definition) is 2. The largest absolute Gasteiger partial charge is 0.508 e. The lowest BCUT2D eigenvalue weighted by Gasteiger charge is -2.31. The molecule has 0 spiro atoms. The molecule has 5 heteroatoms. The van der Waals surface area contributed by atoms with Gasteiger partial charge in [0.25, 0.3) is 5.91 Å². The highest BCUT2D eigenvalue weighted by atomic mass is 16.6. The van der Waals surface area contributed by atoms with E-state index in [0.29, 0.717) is 24.5 Å². The maximum Gasteiger partial charge on any atom is 0.265 e. The summed E-state index contributed by atoms with van der Waals surface area (Å²) in [5, 5.41) is 12.3. The summed E-state index contributed by atoms with van der Waals surface area (Å²) in [7, 11) is 0. The first kappa shape index (κ1) is 15.2. The van der Waals surface area contributed by atoms with Gasteiger partial charge in [-0.05, 0) is 43.2 Å². The molecule has 2 N–H and O–H groups in total. The molecule has 0 bridgehead atoms. The Morgan fingerprint density at radius 1 is 1.13 bits per heavy atom. The molecule has 0 aromatic heterocycles. The monoisotopic (exact) mass is 313 g/mol. The Bertz CT molecular complexity index is 701. The van der Waals surface area contributed by atoms with E-state index in [0.717, 1.165) is 5.56 Å². The summed E-state index contributed by atoms with van der Waals surface area (Å²) in [6.45, 7) is 2.28. The van der Waals surface area contributed by atoms with E-state index in [2.05, 4.69) is 5.32 Å². The quantitative estimate of drug-likeness (QED) is 0.909. The van der Waals surface area contributed by atoms with Crippen molar-refractivity contribution in [1.29, 1.82) is 0 Å². The number of nitrogens with one attached hydrogen (secondary N) is 1. The molecule has 0 aliphatic carbocycles. The zero-order chi connectivity index (χ0) is 16.2. The number of fused-ring (bicyclic) bond motifs is 1. The zero-order valence-electron chi connectivity index (χ0n) is 12.9. The van der Waals surface area contributed by atoms with Crippen LogP contribution in [0.5, 0.6) is 17.2 Å². The Morgan fingerprint density at radius 3 is 2.61 bits per heavy atom. The summed E-state index contributed by atoms with van der Waals surface area (Å²) < 4.78 is 11.5. The zero-order valence-corrected chi connectivity index (χ0v) is 12.9. The molecule has 0 fully saturated rings. The number of amides is 1. The smallest absolute Gasteiger partial charge is 0.265 e. The van der Waals surface area contributed by atoms with Gasteiger partial charge in [-0.1, -0.05) is 24.3 Å². The molecule has 0 saturated carbocycles. The van der Waals surface area contributed by atoms with Crippen molar-refractivity contribution in [3.05, 3.63) is 54.1 Å². The van der Waals surface area contributed by atoms with Crippen LogP contribution >= 0.6 is 0 Å². The molecule has 1 amide bonds. The molecule has 1 aliphatic heterocycles. The van der Waals surface area contributed by atoms with Crippen LogP contribution in [0.25, 0.3) is 0 Å². The lowest BCUT2D eigenvalue weighted by molar-refractivity contribution is -0.133. The van der Waals surface area contributed by atoms with Gasteiger partial charge in [0.05, 0.1) is 0 Å². The number of rotatable bonds is 4. The molecule has 1 aliphatic rings. The van der Waals surface area contributed by atoms with Gasteiger partial charge < -0.3 is 19.9 Å². The highest BCUT2D eigenvalue weighted by Gasteiger charge is 2.33. The highest BCUT2D eigenvalue weighted by Crippen LogP contribution is 2.33. The first-order chi connectivity index (χ1) is 11.1. The van der Waals surface area contributed by atoms with Crippen molar-refractivity contribution in [2.45, 2.75) is 25.6 Å². The van der Waals surface area contributed by atoms with Crippen LogP contribution in [0.3, 0.4) is 0 Å². The van der Waals surface area contributed by atoms with E-state index in [1.165, 1.54) is 0 Å². The summed E-state index contributed by atoms with van der Waals surface area (Å²) in [5.74, 6) is 1.26. The van der Waals surface area contributed by atoms with Gasteiger partial charge in [0.15, 0.2) is 11.5 Å². The Balaban J connectivity index is 1.56. The van der Waals surface area contributed by atoms with E-state index in [9.17, 15) is 9.90 Å². The second-order valence-corrected chi connectivity index (χ2v) is 5.52. The van der Waals surface area contributed by atoms with E-state index in [1.807, 2.05) is 31.2 Å². The van der Waals surface area contributed by atoms with Crippen LogP contribution < -0.4 is 14.8 Å². The lowest BCUT2D eigenvalue weighted by Crippen LogP contribution is -2.49. The normalized spacial score (nSPS) is 19.2. The van der Waals surface area contributed by atoms with E-state index < -0.39 is 6.10 Å². The van der Waals surface area contributed by atoms with Crippen LogP contribution in [-0.4, -0.2) is 29.8 Å². The van der Waals surface area contributed by atoms with Crippen LogP contribution in [0.2, 0.25) is 0 Å². The first-order valence-electron chi connectivity index (χ1n) is 7.61. The summed E-state index contributed by atoms with van der Waals surface area (Å²) in [6, 6.07) is 14.3. The molecule has 2 aromatic carbocycles. The standard InChI is InChI=1S/C18H19NO4/c1-12-17(23-16-8-3-2-7-15(16)22-12)18(21)19-10-9-13-5-4-6-14(20)11-13/h2-8,11-12,17,20H,9-10H2,1H3,(H,19,21)/t12-,17+/m0/s1. The second kappa shape index (κ2) is 6.60.